The number of allylic oxidation sites excluding steroid dienone is 1. The van der Waals surface area contributed by atoms with Crippen molar-refractivity contribution in [2.24, 2.45) is 4.99 Å². The second-order valence-electron chi connectivity index (χ2n) is 16.5. The fourth-order valence-electron chi connectivity index (χ4n) is 6.32. The van der Waals surface area contributed by atoms with Gasteiger partial charge in [0.15, 0.2) is 0 Å². The molecule has 0 spiro atoms. The first-order chi connectivity index (χ1) is 23.3. The molecule has 13 heteroatoms. The number of carbonyl (C=O) groups is 4. The molecule has 2 saturated heterocycles. The van der Waals surface area contributed by atoms with E-state index in [1.165, 1.54) is 0 Å². The quantitative estimate of drug-likeness (QED) is 0.0984. The molecule has 1 unspecified atom stereocenters. The summed E-state index contributed by atoms with van der Waals surface area (Å²) in [6.45, 7) is 18.2. The topological polar surface area (TPSA) is 148 Å². The largest absolute Gasteiger partial charge is 0.460 e. The van der Waals surface area contributed by atoms with Crippen LogP contribution in [0.1, 0.15) is 127 Å². The molecule has 2 heterocycles. The van der Waals surface area contributed by atoms with E-state index in [0.717, 1.165) is 38.5 Å². The summed E-state index contributed by atoms with van der Waals surface area (Å²) in [5, 5.41) is 6.10. The molecule has 3 atom stereocenters. The second kappa shape index (κ2) is 18.3. The van der Waals surface area contributed by atoms with E-state index in [4.69, 9.17) is 18.9 Å². The number of nitrogens with one attached hydrogen (secondary N) is 2. The number of nitrogens with zero attached hydrogens (tertiary/aromatic N) is 3. The Labute approximate surface area is 299 Å². The predicted molar refractivity (Wildman–Crippen MR) is 192 cm³/mol. The molecule has 0 aromatic rings. The van der Waals surface area contributed by atoms with Crippen LogP contribution in [0, 0.1) is 0 Å². The lowest BCUT2D eigenvalue weighted by molar-refractivity contribution is -0.158. The van der Waals surface area contributed by atoms with Gasteiger partial charge >= 0.3 is 18.2 Å². The van der Waals surface area contributed by atoms with Crippen LogP contribution in [0.25, 0.3) is 0 Å². The van der Waals surface area contributed by atoms with E-state index in [1.807, 2.05) is 30.6 Å². The molecule has 0 aromatic heterocycles. The van der Waals surface area contributed by atoms with Gasteiger partial charge in [0.1, 0.15) is 16.8 Å². The van der Waals surface area contributed by atoms with Crippen LogP contribution in [-0.2, 0) is 28.5 Å². The maximum atomic E-state index is 14.1. The highest BCUT2D eigenvalue weighted by Crippen LogP contribution is 2.24. The van der Waals surface area contributed by atoms with Crippen molar-refractivity contribution < 1.29 is 38.1 Å². The Morgan fingerprint density at radius 3 is 2.08 bits per heavy atom. The first kappa shape index (κ1) is 41.2. The summed E-state index contributed by atoms with van der Waals surface area (Å²) in [6.07, 6.45) is 10.6. The van der Waals surface area contributed by atoms with Gasteiger partial charge in [-0.2, -0.15) is 0 Å². The van der Waals surface area contributed by atoms with Gasteiger partial charge in [0, 0.05) is 38.3 Å². The summed E-state index contributed by atoms with van der Waals surface area (Å²) < 4.78 is 22.7. The molecule has 50 heavy (non-hydrogen) atoms. The van der Waals surface area contributed by atoms with Crippen molar-refractivity contribution in [2.45, 2.75) is 168 Å². The number of aliphatic imine (C=N–C) groups is 1. The van der Waals surface area contributed by atoms with Gasteiger partial charge in [0.05, 0.1) is 18.6 Å². The van der Waals surface area contributed by atoms with Crippen molar-refractivity contribution in [3.8, 4) is 0 Å². The van der Waals surface area contributed by atoms with Crippen LogP contribution in [0.3, 0.4) is 0 Å². The number of likely N-dealkylation sites (tertiary alicyclic amines) is 2. The highest BCUT2D eigenvalue weighted by Gasteiger charge is 2.35. The van der Waals surface area contributed by atoms with Gasteiger partial charge in [-0.15, -0.1) is 4.99 Å². The van der Waals surface area contributed by atoms with Crippen LogP contribution in [0.5, 0.6) is 0 Å². The van der Waals surface area contributed by atoms with Crippen molar-refractivity contribution in [1.82, 2.24) is 20.4 Å². The van der Waals surface area contributed by atoms with Crippen molar-refractivity contribution in [3.05, 3.63) is 12.2 Å². The molecule has 0 aromatic carbocycles. The molecular weight excluding hydrogens is 642 g/mol. The lowest BCUT2D eigenvalue weighted by Crippen LogP contribution is -2.55. The summed E-state index contributed by atoms with van der Waals surface area (Å²) in [7, 11) is 0. The van der Waals surface area contributed by atoms with E-state index in [9.17, 15) is 19.2 Å². The van der Waals surface area contributed by atoms with E-state index in [0.29, 0.717) is 45.5 Å². The van der Waals surface area contributed by atoms with Crippen LogP contribution in [0.15, 0.2) is 17.1 Å². The molecule has 13 nitrogen and oxygen atoms in total. The highest BCUT2D eigenvalue weighted by molar-refractivity contribution is 5.99. The number of guanidine groups is 1. The van der Waals surface area contributed by atoms with Crippen LogP contribution < -0.4 is 10.6 Å². The summed E-state index contributed by atoms with van der Waals surface area (Å²) in [6, 6.07) is -0.590. The number of alkyl carbamates (subject to hydrolysis) is 1. The van der Waals surface area contributed by atoms with Gasteiger partial charge < -0.3 is 28.7 Å². The Morgan fingerprint density at radius 2 is 1.48 bits per heavy atom. The molecule has 2 N–H and O–H groups in total. The maximum Gasteiger partial charge on any atom is 0.437 e. The summed E-state index contributed by atoms with van der Waals surface area (Å²) in [5.41, 5.74) is -2.08. The van der Waals surface area contributed by atoms with E-state index in [-0.39, 0.29) is 42.4 Å². The Kier molecular flexibility index (Phi) is 15.1. The van der Waals surface area contributed by atoms with E-state index in [2.05, 4.69) is 27.8 Å². The van der Waals surface area contributed by atoms with Crippen molar-refractivity contribution >= 4 is 30.0 Å². The molecule has 3 rings (SSSR count). The Morgan fingerprint density at radius 1 is 0.820 bits per heavy atom. The molecule has 1 aliphatic carbocycles. The predicted octanol–water partition coefficient (Wildman–Crippen LogP) is 5.85. The van der Waals surface area contributed by atoms with Crippen molar-refractivity contribution in [1.29, 1.82) is 0 Å². The minimum atomic E-state index is -0.799. The molecule has 0 radical (unpaired) electrons. The smallest absolute Gasteiger partial charge is 0.437 e. The number of rotatable bonds is 9. The molecule has 0 saturated carbocycles. The molecular formula is C37H63N5O8. The lowest BCUT2D eigenvalue weighted by atomic mass is 9.96. The molecule has 3 aliphatic rings. The minimum Gasteiger partial charge on any atom is -0.460 e. The van der Waals surface area contributed by atoms with Gasteiger partial charge in [0.25, 0.3) is 0 Å². The molecule has 3 amide bonds. The average molecular weight is 706 g/mol. The maximum absolute atomic E-state index is 14.1. The number of amides is 3. The zero-order valence-corrected chi connectivity index (χ0v) is 32.0. The van der Waals surface area contributed by atoms with Crippen molar-refractivity contribution in [3.63, 3.8) is 0 Å². The Bertz CT molecular complexity index is 1210. The van der Waals surface area contributed by atoms with E-state index in [1.54, 1.807) is 41.5 Å². The second-order valence-corrected chi connectivity index (χ2v) is 16.5. The third-order valence-corrected chi connectivity index (χ3v) is 8.42. The first-order valence-corrected chi connectivity index (χ1v) is 18.4. The summed E-state index contributed by atoms with van der Waals surface area (Å²) in [5.74, 6) is -0.351. The van der Waals surface area contributed by atoms with Crippen LogP contribution in [-0.4, -0.2) is 107 Å². The monoisotopic (exact) mass is 705 g/mol. The van der Waals surface area contributed by atoms with Crippen LogP contribution >= 0.6 is 0 Å². The zero-order chi connectivity index (χ0) is 37.1. The minimum absolute atomic E-state index is 0.0132. The van der Waals surface area contributed by atoms with E-state index < -0.39 is 35.0 Å². The number of esters is 1. The van der Waals surface area contributed by atoms with Crippen LogP contribution in [0.2, 0.25) is 0 Å². The van der Waals surface area contributed by atoms with Gasteiger partial charge in [-0.25, -0.2) is 9.59 Å². The third-order valence-electron chi connectivity index (χ3n) is 8.42. The number of piperidine rings is 2. The van der Waals surface area contributed by atoms with Gasteiger partial charge in [-0.05, 0) is 120 Å². The standard InChI is InChI=1S/C37H63N5O8/c1-35(2,3)48-30(43)25-29(38-26-15-11-10-12-16-26)31(44)42-21-14-13-17-27(42)20-24-47-28-18-22-41(23-19-28)32(39-33(45)49-36(4,5)6)40-34(46)50-37(7,8)9/h11,15,26-29,38H,10,12-14,16-25H2,1-9H3,(H,39,40,45,46)/t26?,27-,29-/m0/s1. The Hall–Kier alpha value is -3.19. The van der Waals surface area contributed by atoms with Gasteiger partial charge in [-0.3, -0.25) is 20.2 Å². The highest BCUT2D eigenvalue weighted by atomic mass is 16.6. The fourth-order valence-corrected chi connectivity index (χ4v) is 6.32. The number of hydrogen-bond acceptors (Lipinski definition) is 9. The van der Waals surface area contributed by atoms with Gasteiger partial charge in [0.2, 0.25) is 11.9 Å². The summed E-state index contributed by atoms with van der Waals surface area (Å²) >= 11 is 0. The average Bonchev–Trinajstić information content (AvgIpc) is 2.98. The van der Waals surface area contributed by atoms with Crippen molar-refractivity contribution in [2.75, 3.05) is 26.2 Å². The normalized spacial score (nSPS) is 21.7. The SMILES string of the molecule is CC(C)(C)OC(=O)C[C@H](NC1C=CCCC1)C(=O)N1CCCC[C@H]1CCOC1CCN(C(=NC(=O)OC(C)(C)C)NC(=O)OC(C)(C)C)CC1. The molecule has 0 bridgehead atoms. The molecule has 2 fully saturated rings. The number of ether oxygens (including phenoxy) is 4. The van der Waals surface area contributed by atoms with Gasteiger partial charge in [-0.1, -0.05) is 12.2 Å². The van der Waals surface area contributed by atoms with E-state index >= 15 is 0 Å². The number of hydrogen-bond donors (Lipinski definition) is 2. The molecule has 284 valence electrons. The number of carbonyl (C=O) groups excluding carboxylic acids is 4. The Balaban J connectivity index is 1.59. The fraction of sp³-hybridized carbons (Fsp3) is 0.811. The first-order valence-electron chi connectivity index (χ1n) is 18.4. The zero-order valence-electron chi connectivity index (χ0n) is 32.0. The van der Waals surface area contributed by atoms with Crippen LogP contribution in [0.4, 0.5) is 9.59 Å². The third kappa shape index (κ3) is 15.4. The summed E-state index contributed by atoms with van der Waals surface area (Å²) in [4.78, 5) is 59.9. The lowest BCUT2D eigenvalue weighted by Gasteiger charge is -2.39. The molecule has 2 aliphatic heterocycles.